The lowest BCUT2D eigenvalue weighted by Crippen LogP contribution is -2.57. The van der Waals surface area contributed by atoms with Gasteiger partial charge in [-0.1, -0.05) is 17.7 Å². The minimum Gasteiger partial charge on any atom is -0.398 e. The molecule has 21 heavy (non-hydrogen) atoms. The van der Waals surface area contributed by atoms with Gasteiger partial charge in [-0.25, -0.2) is 8.42 Å². The average molecular weight is 332 g/mol. The van der Waals surface area contributed by atoms with Crippen LogP contribution in [0.25, 0.3) is 0 Å². The summed E-state index contributed by atoms with van der Waals surface area (Å²) in [6.45, 7) is 0.437. The number of sulfonamides is 1. The number of anilines is 1. The van der Waals surface area contributed by atoms with Gasteiger partial charge in [0.15, 0.2) is 0 Å². The van der Waals surface area contributed by atoms with Crippen molar-refractivity contribution in [2.24, 2.45) is 0 Å². The zero-order valence-corrected chi connectivity index (χ0v) is 14.2. The van der Waals surface area contributed by atoms with Crippen molar-refractivity contribution in [3.8, 4) is 0 Å². The number of hydrogen-bond donors (Lipinski definition) is 1. The summed E-state index contributed by atoms with van der Waals surface area (Å²) in [5, 5.41) is 0.161. The molecule has 7 heteroatoms. The highest BCUT2D eigenvalue weighted by molar-refractivity contribution is 7.89. The monoisotopic (exact) mass is 331 g/mol. The number of hydrogen-bond acceptors (Lipinski definition) is 4. The smallest absolute Gasteiger partial charge is 0.246 e. The van der Waals surface area contributed by atoms with E-state index >= 15 is 0 Å². The summed E-state index contributed by atoms with van der Waals surface area (Å²) in [4.78, 5) is 2.11. The molecule has 0 aliphatic heterocycles. The number of benzene rings is 1. The van der Waals surface area contributed by atoms with Crippen LogP contribution in [-0.2, 0) is 10.0 Å². The maximum absolute atomic E-state index is 12.8. The SMILES string of the molecule is CN(C)C1(CN(C)S(=O)(=O)c2c(N)cccc2Cl)CCC1. The van der Waals surface area contributed by atoms with E-state index in [1.165, 1.54) is 4.31 Å². The Morgan fingerprint density at radius 3 is 2.33 bits per heavy atom. The fraction of sp³-hybridized carbons (Fsp3) is 0.571. The van der Waals surface area contributed by atoms with Gasteiger partial charge in [-0.3, -0.25) is 0 Å². The maximum atomic E-state index is 12.8. The number of nitrogen functional groups attached to an aromatic ring is 1. The Balaban J connectivity index is 2.32. The Labute approximate surface area is 131 Å². The molecular formula is C14H22ClN3O2S. The molecule has 1 aliphatic rings. The summed E-state index contributed by atoms with van der Waals surface area (Å²) in [6, 6.07) is 4.74. The topological polar surface area (TPSA) is 66.6 Å². The molecule has 1 aromatic carbocycles. The van der Waals surface area contributed by atoms with E-state index in [4.69, 9.17) is 17.3 Å². The molecule has 2 N–H and O–H groups in total. The zero-order valence-electron chi connectivity index (χ0n) is 12.6. The van der Waals surface area contributed by atoms with Crippen molar-refractivity contribution in [1.82, 2.24) is 9.21 Å². The van der Waals surface area contributed by atoms with E-state index in [9.17, 15) is 8.42 Å². The molecule has 0 saturated heterocycles. The fourth-order valence-electron chi connectivity index (χ4n) is 2.78. The van der Waals surface area contributed by atoms with E-state index < -0.39 is 10.0 Å². The van der Waals surface area contributed by atoms with Crippen LogP contribution in [0, 0.1) is 0 Å². The molecule has 0 atom stereocenters. The van der Waals surface area contributed by atoms with Crippen LogP contribution in [0.1, 0.15) is 19.3 Å². The number of nitrogens with two attached hydrogens (primary N) is 1. The van der Waals surface area contributed by atoms with Gasteiger partial charge in [0.1, 0.15) is 4.90 Å². The van der Waals surface area contributed by atoms with Gasteiger partial charge in [0.2, 0.25) is 10.0 Å². The summed E-state index contributed by atoms with van der Waals surface area (Å²) in [7, 11) is 1.87. The average Bonchev–Trinajstić information content (AvgIpc) is 2.32. The van der Waals surface area contributed by atoms with Crippen molar-refractivity contribution in [3.63, 3.8) is 0 Å². The standard InChI is InChI=1S/C14H22ClN3O2S/c1-17(2)14(8-5-9-14)10-18(3)21(19,20)13-11(15)6-4-7-12(13)16/h4,6-7H,5,8-10,16H2,1-3H3. The van der Waals surface area contributed by atoms with Crippen LogP contribution in [0.2, 0.25) is 5.02 Å². The predicted octanol–water partition coefficient (Wildman–Crippen LogP) is 2.03. The number of rotatable bonds is 5. The summed E-state index contributed by atoms with van der Waals surface area (Å²) >= 11 is 6.04. The van der Waals surface area contributed by atoms with Crippen LogP contribution >= 0.6 is 11.6 Å². The second kappa shape index (κ2) is 5.76. The third-order valence-corrected chi connectivity index (χ3v) is 6.76. The van der Waals surface area contributed by atoms with Gasteiger partial charge < -0.3 is 10.6 Å². The molecule has 1 aromatic rings. The van der Waals surface area contributed by atoms with Crippen LogP contribution in [0.5, 0.6) is 0 Å². The van der Waals surface area contributed by atoms with Gasteiger partial charge in [-0.15, -0.1) is 0 Å². The second-order valence-corrected chi connectivity index (χ2v) is 8.28. The van der Waals surface area contributed by atoms with Crippen LogP contribution in [0.4, 0.5) is 5.69 Å². The molecule has 0 heterocycles. The third-order valence-electron chi connectivity index (χ3n) is 4.42. The Bertz CT molecular complexity index is 607. The van der Waals surface area contributed by atoms with Crippen LogP contribution in [-0.4, -0.2) is 50.8 Å². The molecule has 0 unspecified atom stereocenters. The summed E-state index contributed by atoms with van der Waals surface area (Å²) in [5.74, 6) is 0. The molecule has 0 amide bonds. The molecule has 1 saturated carbocycles. The minimum atomic E-state index is -3.69. The molecule has 0 spiro atoms. The molecule has 118 valence electrons. The predicted molar refractivity (Wildman–Crippen MR) is 85.9 cm³/mol. The van der Waals surface area contributed by atoms with Crippen molar-refractivity contribution < 1.29 is 8.42 Å². The van der Waals surface area contributed by atoms with Crippen LogP contribution < -0.4 is 5.73 Å². The highest BCUT2D eigenvalue weighted by Crippen LogP contribution is 2.38. The van der Waals surface area contributed by atoms with Gasteiger partial charge in [0.05, 0.1) is 10.7 Å². The van der Waals surface area contributed by atoms with Crippen molar-refractivity contribution in [2.75, 3.05) is 33.4 Å². The van der Waals surface area contributed by atoms with Gasteiger partial charge in [0.25, 0.3) is 0 Å². The van der Waals surface area contributed by atoms with Crippen molar-refractivity contribution in [2.45, 2.75) is 29.7 Å². The van der Waals surface area contributed by atoms with Gasteiger partial charge in [0, 0.05) is 19.1 Å². The lowest BCUT2D eigenvalue weighted by molar-refractivity contribution is 0.0455. The molecule has 2 rings (SSSR count). The van der Waals surface area contributed by atoms with Gasteiger partial charge in [-0.05, 0) is 45.5 Å². The van der Waals surface area contributed by atoms with E-state index in [0.717, 1.165) is 19.3 Å². The van der Waals surface area contributed by atoms with Crippen molar-refractivity contribution in [1.29, 1.82) is 0 Å². The van der Waals surface area contributed by atoms with Gasteiger partial charge in [-0.2, -0.15) is 4.31 Å². The Kier molecular flexibility index (Phi) is 4.54. The second-order valence-electron chi connectivity index (χ2n) is 5.89. The molecular weight excluding hydrogens is 310 g/mol. The van der Waals surface area contributed by atoms with E-state index in [2.05, 4.69) is 4.90 Å². The first-order valence-electron chi connectivity index (χ1n) is 6.88. The van der Waals surface area contributed by atoms with Crippen LogP contribution in [0.15, 0.2) is 23.1 Å². The molecule has 0 aromatic heterocycles. The highest BCUT2D eigenvalue weighted by atomic mass is 35.5. The fourth-order valence-corrected chi connectivity index (χ4v) is 4.66. The first-order chi connectivity index (χ1) is 9.70. The van der Waals surface area contributed by atoms with E-state index in [1.807, 2.05) is 14.1 Å². The number of halogens is 1. The quantitative estimate of drug-likeness (QED) is 0.838. The third kappa shape index (κ3) is 2.90. The van der Waals surface area contributed by atoms with E-state index in [-0.39, 0.29) is 21.1 Å². The highest BCUT2D eigenvalue weighted by Gasteiger charge is 2.42. The van der Waals surface area contributed by atoms with Gasteiger partial charge >= 0.3 is 0 Å². The largest absolute Gasteiger partial charge is 0.398 e. The van der Waals surface area contributed by atoms with E-state index in [1.54, 1.807) is 25.2 Å². The maximum Gasteiger partial charge on any atom is 0.246 e. The lowest BCUT2D eigenvalue weighted by Gasteiger charge is -2.49. The van der Waals surface area contributed by atoms with Crippen molar-refractivity contribution in [3.05, 3.63) is 23.2 Å². The van der Waals surface area contributed by atoms with Crippen LogP contribution in [0.3, 0.4) is 0 Å². The number of likely N-dealkylation sites (N-methyl/N-ethyl adjacent to an activating group) is 2. The molecule has 0 radical (unpaired) electrons. The molecule has 1 fully saturated rings. The Morgan fingerprint density at radius 2 is 1.90 bits per heavy atom. The zero-order chi connectivity index (χ0) is 15.8. The van der Waals surface area contributed by atoms with Crippen molar-refractivity contribution >= 4 is 27.3 Å². The summed E-state index contributed by atoms with van der Waals surface area (Å²) in [5.41, 5.74) is 5.91. The number of nitrogens with zero attached hydrogens (tertiary/aromatic N) is 2. The first-order valence-corrected chi connectivity index (χ1v) is 8.70. The lowest BCUT2D eigenvalue weighted by atomic mass is 9.75. The molecule has 0 bridgehead atoms. The summed E-state index contributed by atoms with van der Waals surface area (Å²) < 4.78 is 26.9. The molecule has 5 nitrogen and oxygen atoms in total. The normalized spacial score (nSPS) is 18.0. The summed E-state index contributed by atoms with van der Waals surface area (Å²) in [6.07, 6.45) is 3.12. The first kappa shape index (κ1) is 16.5. The Hall–Kier alpha value is -0.820. The van der Waals surface area contributed by atoms with E-state index in [0.29, 0.717) is 6.54 Å². The minimum absolute atomic E-state index is 0.00222. The molecule has 1 aliphatic carbocycles. The Morgan fingerprint density at radius 1 is 1.29 bits per heavy atom.